The van der Waals surface area contributed by atoms with Crippen LogP contribution in [0.15, 0.2) is 74.8 Å². The van der Waals surface area contributed by atoms with Crippen molar-refractivity contribution in [1.82, 2.24) is 14.5 Å². The number of carbonyl (C=O) groups excluding carboxylic acids is 1. The lowest BCUT2D eigenvalue weighted by atomic mass is 9.83. The minimum absolute atomic E-state index is 0.0536. The number of para-hydroxylation sites is 1. The zero-order valence-corrected chi connectivity index (χ0v) is 22.8. The first-order chi connectivity index (χ1) is 17.7. The van der Waals surface area contributed by atoms with Crippen molar-refractivity contribution in [3.8, 4) is 11.5 Å². The zero-order valence-electron chi connectivity index (χ0n) is 21.2. The van der Waals surface area contributed by atoms with Crippen LogP contribution < -0.4 is 4.90 Å². The van der Waals surface area contributed by atoms with Crippen LogP contribution in [0.1, 0.15) is 38.7 Å². The van der Waals surface area contributed by atoms with Crippen LogP contribution in [-0.4, -0.2) is 54.6 Å². The first-order valence-corrected chi connectivity index (χ1v) is 14.8. The van der Waals surface area contributed by atoms with Crippen molar-refractivity contribution < 1.29 is 17.6 Å². The van der Waals surface area contributed by atoms with E-state index in [4.69, 9.17) is 4.42 Å². The highest BCUT2D eigenvalue weighted by Gasteiger charge is 2.38. The largest absolute Gasteiger partial charge is 0.411 e. The minimum Gasteiger partial charge on any atom is -0.411 e. The van der Waals surface area contributed by atoms with Gasteiger partial charge in [0.05, 0.1) is 10.6 Å². The van der Waals surface area contributed by atoms with Crippen LogP contribution >= 0.6 is 11.8 Å². The molecule has 1 saturated heterocycles. The van der Waals surface area contributed by atoms with Crippen molar-refractivity contribution in [3.63, 3.8) is 0 Å². The number of hydrogen-bond acceptors (Lipinski definition) is 8. The summed E-state index contributed by atoms with van der Waals surface area (Å²) in [7, 11) is -1.59. The molecule has 2 aliphatic heterocycles. The van der Waals surface area contributed by atoms with Crippen molar-refractivity contribution in [3.05, 3.63) is 65.9 Å². The van der Waals surface area contributed by atoms with Crippen LogP contribution in [0.4, 0.5) is 5.69 Å². The van der Waals surface area contributed by atoms with Gasteiger partial charge in [0.15, 0.2) is 5.78 Å². The third-order valence-electron chi connectivity index (χ3n) is 7.02. The third-order valence-corrected chi connectivity index (χ3v) is 9.75. The molecule has 2 aromatic carbocycles. The summed E-state index contributed by atoms with van der Waals surface area (Å²) in [4.78, 5) is 15.1. The predicted octanol–water partition coefficient (Wildman–Crippen LogP) is 4.88. The number of likely N-dealkylation sites (N-methyl/N-ethyl adjacent to an activating group) is 1. The second-order valence-electron chi connectivity index (χ2n) is 9.85. The van der Waals surface area contributed by atoms with Gasteiger partial charge in [-0.3, -0.25) is 4.79 Å². The Bertz CT molecular complexity index is 1460. The number of rotatable bonds is 7. The number of fused-ring (bicyclic) bond motifs is 1. The molecule has 0 radical (unpaired) electrons. The molecular formula is C27H30N4O4S2. The zero-order chi connectivity index (χ0) is 26.2. The van der Waals surface area contributed by atoms with Crippen molar-refractivity contribution >= 4 is 33.3 Å². The van der Waals surface area contributed by atoms with E-state index in [0.717, 1.165) is 30.6 Å². The molecule has 0 N–H and O–H groups in total. The number of ketones is 1. The summed E-state index contributed by atoms with van der Waals surface area (Å²) in [5.74, 6) is 0.313. The Morgan fingerprint density at radius 3 is 2.59 bits per heavy atom. The summed E-state index contributed by atoms with van der Waals surface area (Å²) in [5, 5.41) is 8.40. The van der Waals surface area contributed by atoms with Gasteiger partial charge in [-0.15, -0.1) is 10.2 Å². The lowest BCUT2D eigenvalue weighted by molar-refractivity contribution is -0.112. The number of anilines is 1. The van der Waals surface area contributed by atoms with Crippen molar-refractivity contribution in [2.45, 2.75) is 48.6 Å². The molecule has 194 valence electrons. The number of hydrogen-bond donors (Lipinski definition) is 0. The highest BCUT2D eigenvalue weighted by Crippen LogP contribution is 2.46. The van der Waals surface area contributed by atoms with Gasteiger partial charge in [0, 0.05) is 48.6 Å². The maximum absolute atomic E-state index is 13.0. The smallest absolute Gasteiger partial charge is 0.277 e. The Morgan fingerprint density at radius 2 is 1.84 bits per heavy atom. The van der Waals surface area contributed by atoms with E-state index < -0.39 is 10.0 Å². The fourth-order valence-electron chi connectivity index (χ4n) is 5.01. The van der Waals surface area contributed by atoms with Gasteiger partial charge in [0.2, 0.25) is 15.9 Å². The molecule has 0 atom stereocenters. The van der Waals surface area contributed by atoms with Crippen LogP contribution in [0, 0.1) is 0 Å². The summed E-state index contributed by atoms with van der Waals surface area (Å²) in [6.45, 7) is 5.31. The first-order valence-electron chi connectivity index (χ1n) is 12.3. The average molecular weight is 539 g/mol. The molecule has 0 bridgehead atoms. The Morgan fingerprint density at radius 1 is 1.08 bits per heavy atom. The number of allylic oxidation sites excluding steroid dienone is 2. The van der Waals surface area contributed by atoms with Gasteiger partial charge in [-0.25, -0.2) is 8.42 Å². The average Bonchev–Trinajstić information content (AvgIpc) is 3.46. The summed E-state index contributed by atoms with van der Waals surface area (Å²) in [6, 6.07) is 14.7. The third kappa shape index (κ3) is 4.97. The van der Waals surface area contributed by atoms with E-state index in [0.29, 0.717) is 18.7 Å². The first kappa shape index (κ1) is 25.7. The summed E-state index contributed by atoms with van der Waals surface area (Å²) in [5.41, 5.74) is 3.49. The fourth-order valence-corrected chi connectivity index (χ4v) is 7.16. The molecule has 3 aromatic rings. The van der Waals surface area contributed by atoms with E-state index in [-0.39, 0.29) is 33.0 Å². The van der Waals surface area contributed by atoms with E-state index in [9.17, 15) is 13.2 Å². The van der Waals surface area contributed by atoms with E-state index >= 15 is 0 Å². The molecule has 0 spiro atoms. The predicted molar refractivity (Wildman–Crippen MR) is 144 cm³/mol. The molecule has 1 aromatic heterocycles. The van der Waals surface area contributed by atoms with Crippen LogP contribution in [0.3, 0.4) is 0 Å². The van der Waals surface area contributed by atoms with Gasteiger partial charge in [-0.2, -0.15) is 4.31 Å². The molecule has 0 aliphatic carbocycles. The van der Waals surface area contributed by atoms with Crippen molar-refractivity contribution in [2.24, 2.45) is 0 Å². The van der Waals surface area contributed by atoms with Crippen LogP contribution in [0.2, 0.25) is 0 Å². The molecule has 2 aliphatic rings. The Hall–Kier alpha value is -2.95. The number of thioether (sulfide) groups is 1. The molecule has 0 saturated carbocycles. The number of benzene rings is 2. The van der Waals surface area contributed by atoms with Crippen LogP contribution in [0.5, 0.6) is 0 Å². The monoisotopic (exact) mass is 538 g/mol. The lowest BCUT2D eigenvalue weighted by Gasteiger charge is -2.25. The van der Waals surface area contributed by atoms with Gasteiger partial charge >= 0.3 is 0 Å². The molecule has 10 heteroatoms. The number of sulfonamides is 1. The summed E-state index contributed by atoms with van der Waals surface area (Å²) < 4.78 is 33.4. The number of carbonyl (C=O) groups is 1. The molecule has 8 nitrogen and oxygen atoms in total. The van der Waals surface area contributed by atoms with E-state index in [1.54, 1.807) is 30.3 Å². The Balaban J connectivity index is 1.27. The summed E-state index contributed by atoms with van der Waals surface area (Å²) >= 11 is 1.17. The quantitative estimate of drug-likeness (QED) is 0.310. The molecule has 37 heavy (non-hydrogen) atoms. The van der Waals surface area contributed by atoms with Crippen molar-refractivity contribution in [2.75, 3.05) is 30.8 Å². The standard InChI is InChI=1S/C27H30N4O4S2/c1-27(2)22-12-5-6-13-23(22)30(3)24(27)17-20(32)18-36-26-29-28-25(35-26)19-10-9-11-21(16-19)37(33,34)31-14-7-4-8-15-31/h5-6,9-13,16-17H,4,7-8,14-15,18H2,1-3H3. The van der Waals surface area contributed by atoms with Gasteiger partial charge in [0.25, 0.3) is 5.22 Å². The lowest BCUT2D eigenvalue weighted by Crippen LogP contribution is -2.35. The minimum atomic E-state index is -3.57. The number of piperidine rings is 1. The van der Waals surface area contributed by atoms with Gasteiger partial charge in [-0.05, 0) is 42.7 Å². The molecular weight excluding hydrogens is 508 g/mol. The Labute approximate surface area is 221 Å². The number of aromatic nitrogens is 2. The molecule has 5 rings (SSSR count). The Kier molecular flexibility index (Phi) is 6.99. The van der Waals surface area contributed by atoms with Gasteiger partial charge < -0.3 is 9.32 Å². The topological polar surface area (TPSA) is 96.6 Å². The molecule has 0 amide bonds. The van der Waals surface area contributed by atoms with E-state index in [1.807, 2.05) is 19.2 Å². The molecule has 3 heterocycles. The van der Waals surface area contributed by atoms with E-state index in [2.05, 4.69) is 41.1 Å². The highest BCUT2D eigenvalue weighted by atomic mass is 32.2. The second kappa shape index (κ2) is 10.1. The fraction of sp³-hybridized carbons (Fsp3) is 0.370. The molecule has 1 fully saturated rings. The SMILES string of the molecule is CN1C(=CC(=O)CSc2nnc(-c3cccc(S(=O)(=O)N4CCCCC4)c3)o2)C(C)(C)c2ccccc21. The maximum Gasteiger partial charge on any atom is 0.277 e. The van der Waals surface area contributed by atoms with Crippen LogP contribution in [-0.2, 0) is 20.2 Å². The van der Waals surface area contributed by atoms with Crippen LogP contribution in [0.25, 0.3) is 11.5 Å². The summed E-state index contributed by atoms with van der Waals surface area (Å²) in [6.07, 6.45) is 4.49. The van der Waals surface area contributed by atoms with E-state index in [1.165, 1.54) is 21.6 Å². The normalized spacial score (nSPS) is 18.8. The second-order valence-corrected chi connectivity index (χ2v) is 12.7. The molecule has 0 unspecified atom stereocenters. The van der Waals surface area contributed by atoms with Crippen molar-refractivity contribution in [1.29, 1.82) is 0 Å². The maximum atomic E-state index is 13.0. The van der Waals surface area contributed by atoms with Gasteiger partial charge in [0.1, 0.15) is 0 Å². The number of nitrogens with zero attached hydrogens (tertiary/aromatic N) is 4. The highest BCUT2D eigenvalue weighted by molar-refractivity contribution is 7.99. The van der Waals surface area contributed by atoms with Gasteiger partial charge in [-0.1, -0.05) is 56.3 Å².